The second-order valence-corrected chi connectivity index (χ2v) is 5.43. The van der Waals surface area contributed by atoms with E-state index >= 15 is 0 Å². The zero-order valence-corrected chi connectivity index (χ0v) is 11.5. The first-order valence-corrected chi connectivity index (χ1v) is 6.82. The molecule has 0 saturated carbocycles. The van der Waals surface area contributed by atoms with Gasteiger partial charge in [0.1, 0.15) is 0 Å². The van der Waals surface area contributed by atoms with Crippen LogP contribution in [0.4, 0.5) is 5.82 Å². The molecule has 0 aliphatic carbocycles. The number of halogens is 1. The minimum atomic E-state index is 0.512. The van der Waals surface area contributed by atoms with Gasteiger partial charge in [-0.25, -0.2) is 4.98 Å². The van der Waals surface area contributed by atoms with Gasteiger partial charge in [0, 0.05) is 48.3 Å². The Labute approximate surface area is 109 Å². The van der Waals surface area contributed by atoms with Crippen molar-refractivity contribution in [3.63, 3.8) is 0 Å². The van der Waals surface area contributed by atoms with Crippen LogP contribution in [-0.2, 0) is 0 Å². The van der Waals surface area contributed by atoms with E-state index in [0.717, 1.165) is 54.3 Å². The molecule has 2 aliphatic heterocycles. The van der Waals surface area contributed by atoms with Crippen LogP contribution in [0.15, 0.2) is 10.7 Å². The largest absolute Gasteiger partial charge is 0.489 e. The molecule has 1 aromatic heterocycles. The fourth-order valence-corrected chi connectivity index (χ4v) is 2.80. The molecule has 17 heavy (non-hydrogen) atoms. The van der Waals surface area contributed by atoms with E-state index in [2.05, 4.69) is 38.1 Å². The standard InChI is InChI=1S/C12H16BrN3O/c1-8-10(13)7-15-12-11(8)17-5-2-9-6-14-3-4-16(9)12/h7,9,14H,2-6H2,1H3/t9-/m1/s1. The third-order valence-electron chi connectivity index (χ3n) is 3.52. The topological polar surface area (TPSA) is 37.4 Å². The van der Waals surface area contributed by atoms with Crippen LogP contribution >= 0.6 is 15.9 Å². The van der Waals surface area contributed by atoms with Crippen molar-refractivity contribution < 1.29 is 4.74 Å². The SMILES string of the molecule is Cc1c(Br)cnc2c1OCC[C@@H]1CNCCN21. The van der Waals surface area contributed by atoms with Gasteiger partial charge in [0.2, 0.25) is 0 Å². The maximum atomic E-state index is 5.89. The van der Waals surface area contributed by atoms with Gasteiger partial charge in [0.25, 0.3) is 0 Å². The van der Waals surface area contributed by atoms with Crippen LogP contribution < -0.4 is 15.0 Å². The molecule has 1 saturated heterocycles. The second kappa shape index (κ2) is 4.46. The number of pyridine rings is 1. The molecule has 0 radical (unpaired) electrons. The number of hydrogen-bond acceptors (Lipinski definition) is 4. The molecule has 0 spiro atoms. The van der Waals surface area contributed by atoms with Crippen molar-refractivity contribution in [1.82, 2.24) is 10.3 Å². The average Bonchev–Trinajstić information content (AvgIpc) is 2.54. The number of aromatic nitrogens is 1. The normalized spacial score (nSPS) is 23.4. The Kier molecular flexibility index (Phi) is 2.96. The number of piperazine rings is 1. The maximum absolute atomic E-state index is 5.89. The van der Waals surface area contributed by atoms with Crippen LogP contribution in [0.5, 0.6) is 5.75 Å². The van der Waals surface area contributed by atoms with Crippen LogP contribution in [0, 0.1) is 6.92 Å². The lowest BCUT2D eigenvalue weighted by atomic mass is 10.1. The Morgan fingerprint density at radius 2 is 2.47 bits per heavy atom. The van der Waals surface area contributed by atoms with Crippen molar-refractivity contribution in [1.29, 1.82) is 0 Å². The van der Waals surface area contributed by atoms with E-state index in [1.165, 1.54) is 0 Å². The van der Waals surface area contributed by atoms with Crippen molar-refractivity contribution in [2.45, 2.75) is 19.4 Å². The summed E-state index contributed by atoms with van der Waals surface area (Å²) >= 11 is 3.51. The molecule has 0 amide bonds. The maximum Gasteiger partial charge on any atom is 0.172 e. The lowest BCUT2D eigenvalue weighted by Gasteiger charge is -2.35. The molecule has 2 aliphatic rings. The molecule has 0 bridgehead atoms. The Morgan fingerprint density at radius 1 is 1.59 bits per heavy atom. The molecular weight excluding hydrogens is 282 g/mol. The smallest absolute Gasteiger partial charge is 0.172 e. The minimum absolute atomic E-state index is 0.512. The third kappa shape index (κ3) is 1.91. The molecule has 3 heterocycles. The fraction of sp³-hybridized carbons (Fsp3) is 0.583. The third-order valence-corrected chi connectivity index (χ3v) is 4.32. The molecule has 92 valence electrons. The summed E-state index contributed by atoms with van der Waals surface area (Å²) in [5.74, 6) is 1.96. The van der Waals surface area contributed by atoms with E-state index in [4.69, 9.17) is 4.74 Å². The minimum Gasteiger partial charge on any atom is -0.489 e. The number of anilines is 1. The van der Waals surface area contributed by atoms with E-state index < -0.39 is 0 Å². The second-order valence-electron chi connectivity index (χ2n) is 4.57. The number of nitrogens with zero attached hydrogens (tertiary/aromatic N) is 2. The monoisotopic (exact) mass is 297 g/mol. The molecule has 0 aromatic carbocycles. The van der Waals surface area contributed by atoms with Crippen LogP contribution in [0.2, 0.25) is 0 Å². The predicted octanol–water partition coefficient (Wildman–Crippen LogP) is 1.71. The van der Waals surface area contributed by atoms with Crippen molar-refractivity contribution >= 4 is 21.7 Å². The zero-order valence-electron chi connectivity index (χ0n) is 9.87. The molecule has 1 atom stereocenters. The summed E-state index contributed by atoms with van der Waals surface area (Å²) in [6, 6.07) is 0.512. The molecule has 4 nitrogen and oxygen atoms in total. The number of ether oxygens (including phenoxy) is 1. The Hall–Kier alpha value is -0.810. The van der Waals surface area contributed by atoms with Gasteiger partial charge in [0.05, 0.1) is 6.61 Å². The van der Waals surface area contributed by atoms with Crippen molar-refractivity contribution in [2.75, 3.05) is 31.1 Å². The summed E-state index contributed by atoms with van der Waals surface area (Å²) in [4.78, 5) is 6.94. The Morgan fingerprint density at radius 3 is 3.35 bits per heavy atom. The summed E-state index contributed by atoms with van der Waals surface area (Å²) < 4.78 is 6.91. The number of rotatable bonds is 0. The first-order chi connectivity index (χ1) is 8.27. The first kappa shape index (κ1) is 11.3. The quantitative estimate of drug-likeness (QED) is 0.791. The predicted molar refractivity (Wildman–Crippen MR) is 70.8 cm³/mol. The molecule has 1 N–H and O–H groups in total. The summed E-state index contributed by atoms with van der Waals surface area (Å²) in [6.07, 6.45) is 2.93. The van der Waals surface area contributed by atoms with Crippen molar-refractivity contribution in [3.8, 4) is 5.75 Å². The fourth-order valence-electron chi connectivity index (χ4n) is 2.52. The molecule has 1 aromatic rings. The van der Waals surface area contributed by atoms with E-state index in [1.54, 1.807) is 0 Å². The van der Waals surface area contributed by atoms with Crippen LogP contribution in [0.1, 0.15) is 12.0 Å². The van der Waals surface area contributed by atoms with Gasteiger partial charge in [-0.1, -0.05) is 0 Å². The highest BCUT2D eigenvalue weighted by Crippen LogP contribution is 2.37. The lowest BCUT2D eigenvalue weighted by molar-refractivity contribution is 0.302. The average molecular weight is 298 g/mol. The van der Waals surface area contributed by atoms with E-state index in [-0.39, 0.29) is 0 Å². The summed E-state index contributed by atoms with van der Waals surface area (Å²) in [7, 11) is 0. The van der Waals surface area contributed by atoms with E-state index in [1.807, 2.05) is 6.20 Å². The van der Waals surface area contributed by atoms with Crippen molar-refractivity contribution in [2.24, 2.45) is 0 Å². The van der Waals surface area contributed by atoms with Gasteiger partial charge in [0.15, 0.2) is 11.6 Å². The Balaban J connectivity index is 2.06. The number of nitrogens with one attached hydrogen (secondary N) is 1. The van der Waals surface area contributed by atoms with Gasteiger partial charge in [-0.15, -0.1) is 0 Å². The van der Waals surface area contributed by atoms with E-state index in [9.17, 15) is 0 Å². The van der Waals surface area contributed by atoms with Gasteiger partial charge in [-0.05, 0) is 22.9 Å². The summed E-state index contributed by atoms with van der Waals surface area (Å²) in [6.45, 7) is 5.91. The van der Waals surface area contributed by atoms with E-state index in [0.29, 0.717) is 6.04 Å². The molecule has 0 unspecified atom stereocenters. The summed E-state index contributed by atoms with van der Waals surface area (Å²) in [5.41, 5.74) is 1.15. The highest BCUT2D eigenvalue weighted by molar-refractivity contribution is 9.10. The first-order valence-electron chi connectivity index (χ1n) is 6.02. The van der Waals surface area contributed by atoms with Crippen molar-refractivity contribution in [3.05, 3.63) is 16.2 Å². The number of hydrogen-bond donors (Lipinski definition) is 1. The molecule has 3 rings (SSSR count). The lowest BCUT2D eigenvalue weighted by Crippen LogP contribution is -2.51. The van der Waals surface area contributed by atoms with Crippen LogP contribution in [-0.4, -0.2) is 37.3 Å². The Bertz CT molecular complexity index is 438. The molecule has 5 heteroatoms. The van der Waals surface area contributed by atoms with Gasteiger partial charge >= 0.3 is 0 Å². The van der Waals surface area contributed by atoms with Crippen LogP contribution in [0.3, 0.4) is 0 Å². The molecular formula is C12H16BrN3O. The molecule has 1 fully saturated rings. The van der Waals surface area contributed by atoms with Gasteiger partial charge in [-0.2, -0.15) is 0 Å². The number of fused-ring (bicyclic) bond motifs is 3. The van der Waals surface area contributed by atoms with Gasteiger partial charge < -0.3 is 15.0 Å². The summed E-state index contributed by atoms with van der Waals surface area (Å²) in [5, 5.41) is 3.43. The van der Waals surface area contributed by atoms with Crippen LogP contribution in [0.25, 0.3) is 0 Å². The highest BCUT2D eigenvalue weighted by Gasteiger charge is 2.29. The highest BCUT2D eigenvalue weighted by atomic mass is 79.9. The van der Waals surface area contributed by atoms with Gasteiger partial charge in [-0.3, -0.25) is 0 Å². The zero-order chi connectivity index (χ0) is 11.8.